The number of carbonyl (C=O) groups is 1. The van der Waals surface area contributed by atoms with Gasteiger partial charge in [-0.05, 0) is 43.7 Å². The summed E-state index contributed by atoms with van der Waals surface area (Å²) >= 11 is 1.36. The van der Waals surface area contributed by atoms with Crippen molar-refractivity contribution in [3.05, 3.63) is 30.1 Å². The van der Waals surface area contributed by atoms with Crippen LogP contribution < -0.4 is 10.2 Å². The Labute approximate surface area is 162 Å². The van der Waals surface area contributed by atoms with Crippen molar-refractivity contribution in [2.75, 3.05) is 29.1 Å². The van der Waals surface area contributed by atoms with Crippen LogP contribution in [0.3, 0.4) is 0 Å². The molecule has 0 radical (unpaired) electrons. The number of benzene rings is 1. The highest BCUT2D eigenvalue weighted by atomic mass is 32.2. The maximum absolute atomic E-state index is 13.7. The molecule has 0 atom stereocenters. The lowest BCUT2D eigenvalue weighted by molar-refractivity contribution is -0.113. The van der Waals surface area contributed by atoms with Gasteiger partial charge in [0.15, 0.2) is 5.16 Å². The summed E-state index contributed by atoms with van der Waals surface area (Å²) in [5, 5.41) is 12.2. The zero-order chi connectivity index (χ0) is 18.8. The molecule has 1 saturated carbocycles. The summed E-state index contributed by atoms with van der Waals surface area (Å²) in [6.45, 7) is 4.30. The third kappa shape index (κ3) is 4.26. The molecule has 6 nitrogen and oxygen atoms in total. The van der Waals surface area contributed by atoms with Crippen molar-refractivity contribution in [3.8, 4) is 0 Å². The minimum atomic E-state index is -0.432. The van der Waals surface area contributed by atoms with Gasteiger partial charge in [-0.3, -0.25) is 9.36 Å². The van der Waals surface area contributed by atoms with Crippen LogP contribution in [0.5, 0.6) is 0 Å². The minimum absolute atomic E-state index is 0.177. The van der Waals surface area contributed by atoms with Gasteiger partial charge in [0.2, 0.25) is 11.9 Å². The summed E-state index contributed by atoms with van der Waals surface area (Å²) in [7, 11) is 0. The number of piperidine rings is 1. The molecule has 2 aromatic rings. The molecular weight excluding hydrogens is 365 g/mol. The third-order valence-corrected chi connectivity index (χ3v) is 6.05. The first-order chi connectivity index (χ1) is 13.1. The number of carbonyl (C=O) groups excluding carboxylic acids is 1. The molecule has 1 aliphatic heterocycles. The molecule has 2 aliphatic rings. The quantitative estimate of drug-likeness (QED) is 0.763. The Kier molecular flexibility index (Phi) is 5.33. The molecule has 27 heavy (non-hydrogen) atoms. The van der Waals surface area contributed by atoms with Crippen molar-refractivity contribution in [2.45, 2.75) is 43.8 Å². The van der Waals surface area contributed by atoms with Crippen LogP contribution in [0.2, 0.25) is 0 Å². The molecule has 1 aromatic carbocycles. The van der Waals surface area contributed by atoms with Gasteiger partial charge in [0.25, 0.3) is 0 Å². The Bertz CT molecular complexity index is 814. The summed E-state index contributed by atoms with van der Waals surface area (Å²) in [6.07, 6.45) is 4.60. The van der Waals surface area contributed by atoms with E-state index in [1.54, 1.807) is 18.2 Å². The van der Waals surface area contributed by atoms with E-state index in [0.29, 0.717) is 6.04 Å². The van der Waals surface area contributed by atoms with Gasteiger partial charge in [0.05, 0.1) is 11.4 Å². The smallest absolute Gasteiger partial charge is 0.234 e. The third-order valence-electron chi connectivity index (χ3n) is 5.11. The number of halogens is 1. The van der Waals surface area contributed by atoms with Gasteiger partial charge in [-0.1, -0.05) is 30.8 Å². The highest BCUT2D eigenvalue weighted by molar-refractivity contribution is 7.99. The van der Waals surface area contributed by atoms with E-state index < -0.39 is 5.82 Å². The number of aromatic nitrogens is 3. The minimum Gasteiger partial charge on any atom is -0.341 e. The molecule has 1 N–H and O–H groups in total. The van der Waals surface area contributed by atoms with E-state index in [2.05, 4.69) is 31.9 Å². The topological polar surface area (TPSA) is 63.1 Å². The highest BCUT2D eigenvalue weighted by Gasteiger charge is 2.32. The predicted molar refractivity (Wildman–Crippen MR) is 105 cm³/mol. The van der Waals surface area contributed by atoms with Crippen molar-refractivity contribution in [3.63, 3.8) is 0 Å². The first-order valence-corrected chi connectivity index (χ1v) is 10.5. The normalized spacial score (nSPS) is 17.9. The van der Waals surface area contributed by atoms with E-state index in [9.17, 15) is 9.18 Å². The summed E-state index contributed by atoms with van der Waals surface area (Å²) in [6, 6.07) is 6.62. The number of amides is 1. The Morgan fingerprint density at radius 2 is 1.96 bits per heavy atom. The molecule has 2 heterocycles. The second-order valence-corrected chi connectivity index (χ2v) is 8.31. The van der Waals surface area contributed by atoms with Gasteiger partial charge in [0.1, 0.15) is 5.82 Å². The molecule has 0 spiro atoms. The lowest BCUT2D eigenvalue weighted by Gasteiger charge is -2.31. The fraction of sp³-hybridized carbons (Fsp3) is 0.526. The molecule has 8 heteroatoms. The van der Waals surface area contributed by atoms with Crippen LogP contribution in [0.4, 0.5) is 16.0 Å². The number of hydrogen-bond acceptors (Lipinski definition) is 5. The van der Waals surface area contributed by atoms with Crippen LogP contribution in [0.1, 0.15) is 38.6 Å². The number of hydrogen-bond donors (Lipinski definition) is 1. The fourth-order valence-corrected chi connectivity index (χ4v) is 4.12. The fourth-order valence-electron chi connectivity index (χ4n) is 3.32. The van der Waals surface area contributed by atoms with Gasteiger partial charge in [-0.15, -0.1) is 10.2 Å². The number of rotatable bonds is 6. The average Bonchev–Trinajstić information content (AvgIpc) is 3.42. The van der Waals surface area contributed by atoms with Crippen molar-refractivity contribution in [2.24, 2.45) is 5.92 Å². The monoisotopic (exact) mass is 389 g/mol. The lowest BCUT2D eigenvalue weighted by atomic mass is 10.00. The van der Waals surface area contributed by atoms with Gasteiger partial charge < -0.3 is 10.2 Å². The second-order valence-electron chi connectivity index (χ2n) is 7.37. The molecule has 1 aliphatic carbocycles. The van der Waals surface area contributed by atoms with E-state index in [0.717, 1.165) is 43.0 Å². The number of thioether (sulfide) groups is 1. The molecule has 0 unspecified atom stereocenters. The molecule has 4 rings (SSSR count). The summed E-state index contributed by atoms with van der Waals surface area (Å²) in [5.74, 6) is 1.19. The van der Waals surface area contributed by atoms with Crippen LogP contribution in [-0.2, 0) is 4.79 Å². The maximum Gasteiger partial charge on any atom is 0.234 e. The molecular formula is C19H24FN5OS. The molecule has 0 bridgehead atoms. The number of nitrogens with one attached hydrogen (secondary N) is 1. The summed E-state index contributed by atoms with van der Waals surface area (Å²) < 4.78 is 15.9. The van der Waals surface area contributed by atoms with Crippen LogP contribution >= 0.6 is 11.8 Å². The van der Waals surface area contributed by atoms with Crippen LogP contribution in [-0.4, -0.2) is 39.5 Å². The zero-order valence-electron chi connectivity index (χ0n) is 15.4. The number of para-hydroxylation sites is 1. The first-order valence-electron chi connectivity index (χ1n) is 9.49. The van der Waals surface area contributed by atoms with Gasteiger partial charge in [-0.2, -0.15) is 0 Å². The Hall–Kier alpha value is -2.09. The maximum atomic E-state index is 13.7. The van der Waals surface area contributed by atoms with Crippen molar-refractivity contribution < 1.29 is 9.18 Å². The van der Waals surface area contributed by atoms with E-state index in [1.807, 2.05) is 0 Å². The molecule has 1 saturated heterocycles. The Morgan fingerprint density at radius 3 is 2.67 bits per heavy atom. The van der Waals surface area contributed by atoms with E-state index in [4.69, 9.17) is 0 Å². The Morgan fingerprint density at radius 1 is 1.22 bits per heavy atom. The largest absolute Gasteiger partial charge is 0.341 e. The molecule has 144 valence electrons. The van der Waals surface area contributed by atoms with Gasteiger partial charge >= 0.3 is 0 Å². The van der Waals surface area contributed by atoms with E-state index >= 15 is 0 Å². The van der Waals surface area contributed by atoms with Crippen molar-refractivity contribution in [1.82, 2.24) is 14.8 Å². The first kappa shape index (κ1) is 18.3. The number of anilines is 2. The second kappa shape index (κ2) is 7.88. The van der Waals surface area contributed by atoms with E-state index in [-0.39, 0.29) is 17.3 Å². The average molecular weight is 390 g/mol. The zero-order valence-corrected chi connectivity index (χ0v) is 16.2. The van der Waals surface area contributed by atoms with Gasteiger partial charge in [0, 0.05) is 19.1 Å². The summed E-state index contributed by atoms with van der Waals surface area (Å²) in [4.78, 5) is 14.5. The molecule has 2 fully saturated rings. The van der Waals surface area contributed by atoms with Crippen molar-refractivity contribution >= 4 is 29.3 Å². The van der Waals surface area contributed by atoms with Crippen LogP contribution in [0.25, 0.3) is 0 Å². The van der Waals surface area contributed by atoms with Crippen LogP contribution in [0.15, 0.2) is 29.4 Å². The highest BCUT2D eigenvalue weighted by Crippen LogP contribution is 2.41. The SMILES string of the molecule is CC1CCN(c2nnc(SCC(=O)Nc3ccccc3F)n2C2CC2)CC1. The Balaban J connectivity index is 1.42. The van der Waals surface area contributed by atoms with Gasteiger partial charge in [-0.25, -0.2) is 4.39 Å². The van der Waals surface area contributed by atoms with E-state index in [1.165, 1.54) is 30.7 Å². The number of nitrogens with zero attached hydrogens (tertiary/aromatic N) is 4. The predicted octanol–water partition coefficient (Wildman–Crippen LogP) is 3.72. The molecule has 1 aromatic heterocycles. The standard InChI is InChI=1S/C19H24FN5OS/c1-13-8-10-24(11-9-13)18-22-23-19(25(18)14-6-7-14)27-12-17(26)21-16-5-3-2-4-15(16)20/h2-5,13-14H,6-12H2,1H3,(H,21,26). The molecule has 1 amide bonds. The van der Waals surface area contributed by atoms with Crippen LogP contribution in [0, 0.1) is 11.7 Å². The summed E-state index contributed by atoms with van der Waals surface area (Å²) in [5.41, 5.74) is 0.204. The lowest BCUT2D eigenvalue weighted by Crippen LogP contribution is -2.34. The van der Waals surface area contributed by atoms with Crippen molar-refractivity contribution in [1.29, 1.82) is 0 Å².